The topological polar surface area (TPSA) is 113 Å². The second-order valence-corrected chi connectivity index (χ2v) is 3.14. The van der Waals surface area contributed by atoms with Crippen molar-refractivity contribution in [3.8, 4) is 0 Å². The van der Waals surface area contributed by atoms with Crippen molar-refractivity contribution >= 4 is 24.1 Å². The molecule has 0 aromatic heterocycles. The van der Waals surface area contributed by atoms with Crippen LogP contribution in [-0.4, -0.2) is 41.8 Å². The van der Waals surface area contributed by atoms with Gasteiger partial charge in [-0.25, -0.2) is 0 Å². The smallest absolute Gasteiger partial charge is 0.322 e. The van der Waals surface area contributed by atoms with Gasteiger partial charge in [0.1, 0.15) is 6.54 Å². The van der Waals surface area contributed by atoms with Crippen molar-refractivity contribution in [3.63, 3.8) is 0 Å². The van der Waals surface area contributed by atoms with Gasteiger partial charge in [0.2, 0.25) is 12.2 Å². The van der Waals surface area contributed by atoms with E-state index in [4.69, 9.17) is 5.11 Å². The van der Waals surface area contributed by atoms with Crippen LogP contribution in [-0.2, 0) is 19.2 Å². The first-order valence-corrected chi connectivity index (χ1v) is 4.87. The van der Waals surface area contributed by atoms with Gasteiger partial charge in [-0.05, 0) is 12.8 Å². The zero-order chi connectivity index (χ0) is 13.3. The first-order valence-electron chi connectivity index (χ1n) is 4.87. The van der Waals surface area contributed by atoms with Crippen molar-refractivity contribution in [2.24, 2.45) is 0 Å². The van der Waals surface area contributed by atoms with E-state index in [9.17, 15) is 19.2 Å². The normalized spacial score (nSPS) is 11.1. The molecule has 2 amide bonds. The Bertz CT molecular complexity index is 327. The number of Topliss-reactive ketones (excluding diaryl/α,β-unsaturated/α-hetero) is 1. The van der Waals surface area contributed by atoms with Crippen molar-refractivity contribution in [2.75, 3.05) is 6.54 Å². The van der Waals surface area contributed by atoms with Crippen LogP contribution < -0.4 is 10.6 Å². The average molecular weight is 242 g/mol. The molecule has 0 aromatic rings. The third-order valence-corrected chi connectivity index (χ3v) is 1.87. The lowest BCUT2D eigenvalue weighted by Gasteiger charge is -2.12. The summed E-state index contributed by atoms with van der Waals surface area (Å²) in [6.07, 6.45) is 2.54. The number of allylic oxidation sites excluding steroid dienone is 1. The summed E-state index contributed by atoms with van der Waals surface area (Å²) in [7, 11) is 0. The third-order valence-electron chi connectivity index (χ3n) is 1.87. The minimum absolute atomic E-state index is 0.238. The van der Waals surface area contributed by atoms with Crippen molar-refractivity contribution in [3.05, 3.63) is 12.7 Å². The van der Waals surface area contributed by atoms with Gasteiger partial charge < -0.3 is 15.7 Å². The second-order valence-electron chi connectivity index (χ2n) is 3.14. The zero-order valence-corrected chi connectivity index (χ0v) is 9.14. The van der Waals surface area contributed by atoms with Gasteiger partial charge in [-0.3, -0.25) is 19.2 Å². The molecule has 94 valence electrons. The van der Waals surface area contributed by atoms with Gasteiger partial charge in [-0.15, -0.1) is 6.58 Å². The van der Waals surface area contributed by atoms with Gasteiger partial charge in [-0.2, -0.15) is 0 Å². The predicted molar refractivity (Wildman–Crippen MR) is 58.1 cm³/mol. The molecule has 0 heterocycles. The minimum atomic E-state index is -1.25. The number of rotatable bonds is 9. The molecule has 0 aromatic carbocycles. The van der Waals surface area contributed by atoms with Crippen LogP contribution in [0.25, 0.3) is 0 Å². The molecule has 7 nitrogen and oxygen atoms in total. The summed E-state index contributed by atoms with van der Waals surface area (Å²) in [5, 5.41) is 12.4. The lowest BCUT2D eigenvalue weighted by atomic mass is 10.1. The Morgan fingerprint density at radius 3 is 2.47 bits per heavy atom. The van der Waals surface area contributed by atoms with E-state index in [-0.39, 0.29) is 6.42 Å². The molecule has 0 rings (SSSR count). The lowest BCUT2D eigenvalue weighted by molar-refractivity contribution is -0.142. The first-order chi connectivity index (χ1) is 8.02. The van der Waals surface area contributed by atoms with Crippen molar-refractivity contribution in [1.82, 2.24) is 10.6 Å². The summed E-state index contributed by atoms with van der Waals surface area (Å²) >= 11 is 0. The molecular weight excluding hydrogens is 228 g/mol. The zero-order valence-electron chi connectivity index (χ0n) is 9.14. The Hall–Kier alpha value is -2.18. The largest absolute Gasteiger partial charge is 0.480 e. The number of carboxylic acids is 1. The second kappa shape index (κ2) is 8.03. The number of amides is 2. The molecule has 0 bridgehead atoms. The Balaban J connectivity index is 4.37. The fourth-order valence-corrected chi connectivity index (χ4v) is 1.06. The molecule has 0 fully saturated rings. The molecule has 1 unspecified atom stereocenters. The van der Waals surface area contributed by atoms with Crippen LogP contribution in [0.15, 0.2) is 12.7 Å². The van der Waals surface area contributed by atoms with Crippen LogP contribution in [0.4, 0.5) is 0 Å². The number of nitrogens with one attached hydrogen (secondary N) is 2. The molecule has 0 aliphatic heterocycles. The number of aliphatic carboxylic acids is 1. The summed E-state index contributed by atoms with van der Waals surface area (Å²) in [6.45, 7) is 2.81. The van der Waals surface area contributed by atoms with Crippen LogP contribution in [0.5, 0.6) is 0 Å². The van der Waals surface area contributed by atoms with E-state index in [1.807, 2.05) is 5.32 Å². The number of carboxylic acid groups (broad SMARTS) is 1. The molecule has 0 saturated heterocycles. The standard InChI is InChI=1S/C10H14N2O5/c1-2-3-4-7(12-6-13)9(16)10(17)11-5-8(14)15/h2,6-7H,1,3-5H2,(H,11,17)(H,12,13)(H,14,15). The molecule has 0 aliphatic carbocycles. The highest BCUT2D eigenvalue weighted by atomic mass is 16.4. The van der Waals surface area contributed by atoms with Crippen molar-refractivity contribution < 1.29 is 24.3 Å². The van der Waals surface area contributed by atoms with Gasteiger partial charge >= 0.3 is 5.97 Å². The van der Waals surface area contributed by atoms with Gasteiger partial charge in [0.15, 0.2) is 0 Å². The van der Waals surface area contributed by atoms with E-state index in [2.05, 4.69) is 11.9 Å². The Labute approximate surface area is 97.9 Å². The summed E-state index contributed by atoms with van der Waals surface area (Å²) in [5.41, 5.74) is 0. The summed E-state index contributed by atoms with van der Waals surface area (Å²) in [4.78, 5) is 43.2. The van der Waals surface area contributed by atoms with E-state index < -0.39 is 30.2 Å². The van der Waals surface area contributed by atoms with Crippen LogP contribution in [0.1, 0.15) is 12.8 Å². The summed E-state index contributed by atoms with van der Waals surface area (Å²) < 4.78 is 0. The first kappa shape index (κ1) is 14.8. The summed E-state index contributed by atoms with van der Waals surface area (Å²) in [5.74, 6) is -3.16. The maximum Gasteiger partial charge on any atom is 0.322 e. The molecule has 7 heteroatoms. The Morgan fingerprint density at radius 2 is 2.00 bits per heavy atom. The molecule has 17 heavy (non-hydrogen) atoms. The number of carbonyl (C=O) groups excluding carboxylic acids is 3. The highest BCUT2D eigenvalue weighted by Gasteiger charge is 2.24. The molecule has 0 saturated carbocycles. The van der Waals surface area contributed by atoms with Crippen molar-refractivity contribution in [2.45, 2.75) is 18.9 Å². The van der Waals surface area contributed by atoms with Crippen LogP contribution in [0, 0.1) is 0 Å². The van der Waals surface area contributed by atoms with Crippen molar-refractivity contribution in [1.29, 1.82) is 0 Å². The Morgan fingerprint density at radius 1 is 1.35 bits per heavy atom. The average Bonchev–Trinajstić information content (AvgIpc) is 2.30. The number of carbonyl (C=O) groups is 4. The van der Waals surface area contributed by atoms with Gasteiger partial charge in [-0.1, -0.05) is 6.08 Å². The molecule has 0 radical (unpaired) electrons. The van der Waals surface area contributed by atoms with Gasteiger partial charge in [0.25, 0.3) is 5.91 Å². The molecular formula is C10H14N2O5. The lowest BCUT2D eigenvalue weighted by Crippen LogP contribution is -2.46. The minimum Gasteiger partial charge on any atom is -0.480 e. The monoisotopic (exact) mass is 242 g/mol. The van der Waals surface area contributed by atoms with E-state index in [0.717, 1.165) is 0 Å². The molecule has 1 atom stereocenters. The van der Waals surface area contributed by atoms with Gasteiger partial charge in [0.05, 0.1) is 6.04 Å². The van der Waals surface area contributed by atoms with E-state index in [1.165, 1.54) is 0 Å². The van der Waals surface area contributed by atoms with Crippen LogP contribution >= 0.6 is 0 Å². The van der Waals surface area contributed by atoms with Gasteiger partial charge in [0, 0.05) is 0 Å². The molecule has 0 spiro atoms. The molecule has 3 N–H and O–H groups in total. The predicted octanol–water partition coefficient (Wildman–Crippen LogP) is -1.16. The van der Waals surface area contributed by atoms with Crippen LogP contribution in [0.2, 0.25) is 0 Å². The maximum atomic E-state index is 11.5. The number of hydrogen-bond acceptors (Lipinski definition) is 4. The van der Waals surface area contributed by atoms with E-state index >= 15 is 0 Å². The van der Waals surface area contributed by atoms with E-state index in [1.54, 1.807) is 6.08 Å². The quantitative estimate of drug-likeness (QED) is 0.268. The fourth-order valence-electron chi connectivity index (χ4n) is 1.06. The van der Waals surface area contributed by atoms with E-state index in [0.29, 0.717) is 12.8 Å². The summed E-state index contributed by atoms with van der Waals surface area (Å²) in [6, 6.07) is -0.959. The highest BCUT2D eigenvalue weighted by Crippen LogP contribution is 1.99. The number of ketones is 1. The molecule has 0 aliphatic rings. The Kier molecular flexibility index (Phi) is 7.00. The van der Waals surface area contributed by atoms with Crippen LogP contribution in [0.3, 0.4) is 0 Å². The maximum absolute atomic E-state index is 11.5. The highest BCUT2D eigenvalue weighted by molar-refractivity contribution is 6.38. The number of hydrogen-bond donors (Lipinski definition) is 3. The third kappa shape index (κ3) is 6.08. The SMILES string of the molecule is C=CCCC(NC=O)C(=O)C(=O)NCC(=O)O. The fraction of sp³-hybridized carbons (Fsp3) is 0.400.